The Morgan fingerprint density at radius 3 is 2.17 bits per heavy atom. The Morgan fingerprint density at radius 1 is 1.13 bits per heavy atom. The minimum absolute atomic E-state index is 0.0219. The van der Waals surface area contributed by atoms with Crippen molar-refractivity contribution in [3.8, 4) is 0 Å². The molecule has 0 saturated heterocycles. The number of ether oxygens (including phenoxy) is 1. The zero-order chi connectivity index (χ0) is 17.9. The average Bonchev–Trinajstić information content (AvgIpc) is 2.42. The lowest BCUT2D eigenvalue weighted by Crippen LogP contribution is -2.48. The highest BCUT2D eigenvalue weighted by atomic mass is 16.6. The van der Waals surface area contributed by atoms with Crippen LogP contribution in [0.3, 0.4) is 0 Å². The molecule has 1 fully saturated rings. The fourth-order valence-corrected chi connectivity index (χ4v) is 3.48. The number of nitrogens with zero attached hydrogens (tertiary/aromatic N) is 1. The van der Waals surface area contributed by atoms with Crippen LogP contribution >= 0.6 is 0 Å². The zero-order valence-electron chi connectivity index (χ0n) is 16.2. The molecule has 0 aromatic rings. The van der Waals surface area contributed by atoms with Gasteiger partial charge < -0.3 is 9.64 Å². The second kappa shape index (κ2) is 7.67. The molecule has 0 aromatic carbocycles. The summed E-state index contributed by atoms with van der Waals surface area (Å²) < 4.78 is 5.42. The average molecular weight is 325 g/mol. The minimum atomic E-state index is -0.549. The van der Waals surface area contributed by atoms with Gasteiger partial charge >= 0.3 is 5.97 Å². The SMILES string of the molecule is CC(C)[C@@H]1CC[C@@H](C)C[C@H]1C(=O)N(C)C(C)C(=O)OC(C)(C)C. The maximum atomic E-state index is 13.0. The van der Waals surface area contributed by atoms with Crippen LogP contribution in [0, 0.1) is 23.7 Å². The summed E-state index contributed by atoms with van der Waals surface area (Å²) in [6.45, 7) is 13.9. The second-order valence-electron chi connectivity index (χ2n) is 8.59. The van der Waals surface area contributed by atoms with E-state index in [1.807, 2.05) is 20.8 Å². The Hall–Kier alpha value is -1.06. The summed E-state index contributed by atoms with van der Waals surface area (Å²) in [7, 11) is 1.73. The first-order valence-corrected chi connectivity index (χ1v) is 8.93. The molecule has 0 N–H and O–H groups in total. The van der Waals surface area contributed by atoms with Crippen molar-refractivity contribution in [1.29, 1.82) is 0 Å². The molecule has 0 radical (unpaired) electrons. The first-order valence-electron chi connectivity index (χ1n) is 8.93. The summed E-state index contributed by atoms with van der Waals surface area (Å²) in [6.07, 6.45) is 3.22. The molecular formula is C19H35NO3. The molecular weight excluding hydrogens is 290 g/mol. The highest BCUT2D eigenvalue weighted by Crippen LogP contribution is 2.39. The van der Waals surface area contributed by atoms with E-state index in [0.29, 0.717) is 17.8 Å². The molecule has 1 saturated carbocycles. The lowest BCUT2D eigenvalue weighted by atomic mass is 9.69. The summed E-state index contributed by atoms with van der Waals surface area (Å²) in [5.41, 5.74) is -0.533. The van der Waals surface area contributed by atoms with Gasteiger partial charge in [-0.3, -0.25) is 4.79 Å². The van der Waals surface area contributed by atoms with Gasteiger partial charge in [-0.15, -0.1) is 0 Å². The molecule has 0 heterocycles. The smallest absolute Gasteiger partial charge is 0.329 e. The lowest BCUT2D eigenvalue weighted by Gasteiger charge is -2.39. The van der Waals surface area contributed by atoms with Crippen LogP contribution in [0.4, 0.5) is 0 Å². The Morgan fingerprint density at radius 2 is 1.70 bits per heavy atom. The number of carbonyl (C=O) groups is 2. The molecule has 0 spiro atoms. The van der Waals surface area contributed by atoms with Crippen molar-refractivity contribution in [3.05, 3.63) is 0 Å². The van der Waals surface area contributed by atoms with Gasteiger partial charge in [0, 0.05) is 13.0 Å². The van der Waals surface area contributed by atoms with Crippen LogP contribution in [0.5, 0.6) is 0 Å². The number of likely N-dealkylation sites (N-methyl/N-ethyl adjacent to an activating group) is 1. The maximum absolute atomic E-state index is 13.0. The van der Waals surface area contributed by atoms with Gasteiger partial charge in [-0.25, -0.2) is 4.79 Å². The van der Waals surface area contributed by atoms with E-state index in [1.165, 1.54) is 6.42 Å². The fraction of sp³-hybridized carbons (Fsp3) is 0.895. The van der Waals surface area contributed by atoms with Gasteiger partial charge in [0.05, 0.1) is 0 Å². The third-order valence-electron chi connectivity index (χ3n) is 5.02. The molecule has 4 heteroatoms. The van der Waals surface area contributed by atoms with E-state index >= 15 is 0 Å². The molecule has 1 amide bonds. The molecule has 4 nitrogen and oxygen atoms in total. The van der Waals surface area contributed by atoms with Crippen molar-refractivity contribution < 1.29 is 14.3 Å². The van der Waals surface area contributed by atoms with Crippen molar-refractivity contribution >= 4 is 11.9 Å². The van der Waals surface area contributed by atoms with E-state index in [2.05, 4.69) is 20.8 Å². The number of rotatable bonds is 4. The van der Waals surface area contributed by atoms with Crippen molar-refractivity contribution in [1.82, 2.24) is 4.90 Å². The van der Waals surface area contributed by atoms with E-state index in [9.17, 15) is 9.59 Å². The largest absolute Gasteiger partial charge is 0.458 e. The van der Waals surface area contributed by atoms with Gasteiger partial charge in [0.15, 0.2) is 0 Å². The highest BCUT2D eigenvalue weighted by molar-refractivity contribution is 5.85. The van der Waals surface area contributed by atoms with E-state index in [4.69, 9.17) is 4.74 Å². The van der Waals surface area contributed by atoms with Crippen LogP contribution in [0.15, 0.2) is 0 Å². The van der Waals surface area contributed by atoms with Gasteiger partial charge in [-0.2, -0.15) is 0 Å². The number of carbonyl (C=O) groups excluding carboxylic acids is 2. The molecule has 134 valence electrons. The van der Waals surface area contributed by atoms with Crippen molar-refractivity contribution in [2.24, 2.45) is 23.7 Å². The van der Waals surface area contributed by atoms with Crippen LogP contribution in [0.1, 0.15) is 67.7 Å². The Labute approximate surface area is 141 Å². The van der Waals surface area contributed by atoms with Crippen molar-refractivity contribution in [2.45, 2.75) is 79.4 Å². The molecule has 4 atom stereocenters. The van der Waals surface area contributed by atoms with Crippen LogP contribution in [0.2, 0.25) is 0 Å². The summed E-state index contributed by atoms with van der Waals surface area (Å²) in [5, 5.41) is 0. The van der Waals surface area contributed by atoms with E-state index in [1.54, 1.807) is 18.9 Å². The molecule has 1 aliphatic rings. The number of esters is 1. The quantitative estimate of drug-likeness (QED) is 0.737. The van der Waals surface area contributed by atoms with Crippen molar-refractivity contribution in [3.63, 3.8) is 0 Å². The molecule has 1 rings (SSSR count). The Bertz CT molecular complexity index is 425. The van der Waals surface area contributed by atoms with Crippen LogP contribution in [-0.4, -0.2) is 35.5 Å². The minimum Gasteiger partial charge on any atom is -0.458 e. The van der Waals surface area contributed by atoms with Crippen LogP contribution < -0.4 is 0 Å². The molecule has 23 heavy (non-hydrogen) atoms. The third kappa shape index (κ3) is 5.50. The monoisotopic (exact) mass is 325 g/mol. The summed E-state index contributed by atoms with van der Waals surface area (Å²) in [6, 6.07) is -0.549. The standard InChI is InChI=1S/C19H35NO3/c1-12(2)15-10-9-13(3)11-16(15)17(21)20(8)14(4)18(22)23-19(5,6)7/h12-16H,9-11H2,1-8H3/t13-,14?,15+,16-/m1/s1. The third-order valence-corrected chi connectivity index (χ3v) is 5.02. The number of hydrogen-bond donors (Lipinski definition) is 0. The normalized spacial score (nSPS) is 26.7. The lowest BCUT2D eigenvalue weighted by molar-refractivity contribution is -0.164. The van der Waals surface area contributed by atoms with Crippen LogP contribution in [0.25, 0.3) is 0 Å². The van der Waals surface area contributed by atoms with Crippen molar-refractivity contribution in [2.75, 3.05) is 7.05 Å². The van der Waals surface area contributed by atoms with E-state index < -0.39 is 11.6 Å². The fourth-order valence-electron chi connectivity index (χ4n) is 3.48. The highest BCUT2D eigenvalue weighted by Gasteiger charge is 2.39. The maximum Gasteiger partial charge on any atom is 0.329 e. The van der Waals surface area contributed by atoms with E-state index in [-0.39, 0.29) is 17.8 Å². The molecule has 0 aromatic heterocycles. The van der Waals surface area contributed by atoms with Crippen LogP contribution in [-0.2, 0) is 14.3 Å². The molecule has 1 unspecified atom stereocenters. The first-order chi connectivity index (χ1) is 10.4. The summed E-state index contributed by atoms with van der Waals surface area (Å²) >= 11 is 0. The molecule has 1 aliphatic carbocycles. The van der Waals surface area contributed by atoms with Gasteiger partial charge in [-0.05, 0) is 58.3 Å². The topological polar surface area (TPSA) is 46.6 Å². The first kappa shape index (κ1) is 20.0. The molecule has 0 aliphatic heterocycles. The Balaban J connectivity index is 2.82. The van der Waals surface area contributed by atoms with Gasteiger partial charge in [0.1, 0.15) is 11.6 Å². The Kier molecular flexibility index (Phi) is 6.67. The number of hydrogen-bond acceptors (Lipinski definition) is 3. The van der Waals surface area contributed by atoms with Gasteiger partial charge in [-0.1, -0.05) is 27.2 Å². The van der Waals surface area contributed by atoms with Gasteiger partial charge in [0.2, 0.25) is 5.91 Å². The van der Waals surface area contributed by atoms with Gasteiger partial charge in [0.25, 0.3) is 0 Å². The second-order valence-corrected chi connectivity index (χ2v) is 8.59. The summed E-state index contributed by atoms with van der Waals surface area (Å²) in [4.78, 5) is 26.8. The van der Waals surface area contributed by atoms with E-state index in [0.717, 1.165) is 12.8 Å². The zero-order valence-corrected chi connectivity index (χ0v) is 16.2. The predicted molar refractivity (Wildman–Crippen MR) is 92.9 cm³/mol. The number of amides is 1. The molecule has 0 bridgehead atoms. The predicted octanol–water partition coefficient (Wildman–Crippen LogP) is 3.88. The summed E-state index contributed by atoms with van der Waals surface area (Å²) in [5.74, 6) is 1.25.